The highest BCUT2D eigenvalue weighted by Gasteiger charge is 2.25. The maximum absolute atomic E-state index is 12.5. The van der Waals surface area contributed by atoms with Crippen LogP contribution in [-0.2, 0) is 10.0 Å². The number of benzene rings is 1. The van der Waals surface area contributed by atoms with Gasteiger partial charge >= 0.3 is 0 Å². The van der Waals surface area contributed by atoms with Gasteiger partial charge in [0.2, 0.25) is 10.0 Å². The topological polar surface area (TPSA) is 94.9 Å². The Morgan fingerprint density at radius 1 is 1.08 bits per heavy atom. The van der Waals surface area contributed by atoms with Gasteiger partial charge in [-0.3, -0.25) is 5.43 Å². The zero-order valence-corrected chi connectivity index (χ0v) is 14.5. The quantitative estimate of drug-likeness (QED) is 0.631. The highest BCUT2D eigenvalue weighted by Crippen LogP contribution is 2.20. The van der Waals surface area contributed by atoms with Gasteiger partial charge in [-0.15, -0.1) is 0 Å². The third-order valence-electron chi connectivity index (χ3n) is 3.97. The predicted molar refractivity (Wildman–Crippen MR) is 96.2 cm³/mol. The molecular weight excluding hydrogens is 340 g/mol. The Hall–Kier alpha value is -2.45. The smallest absolute Gasteiger partial charge is 0.244 e. The van der Waals surface area contributed by atoms with Crippen LogP contribution in [0.5, 0.6) is 5.75 Å². The molecule has 2 N–H and O–H groups in total. The van der Waals surface area contributed by atoms with Crippen molar-refractivity contribution in [3.05, 3.63) is 48.2 Å². The van der Waals surface area contributed by atoms with Gasteiger partial charge < -0.3 is 5.11 Å². The molecule has 0 amide bonds. The van der Waals surface area contributed by atoms with Crippen molar-refractivity contribution < 1.29 is 13.5 Å². The standard InChI is InChI=1S/C17H20N4O3S/c22-15-6-4-14(5-7-15)12-19-20-17-9-8-16(13-18-17)25(23,24)21-10-2-1-3-11-21/h4-9,12-13,22H,1-3,10-11H2,(H,18,20)/b19-12+. The van der Waals surface area contributed by atoms with Gasteiger partial charge in [-0.2, -0.15) is 9.41 Å². The summed E-state index contributed by atoms with van der Waals surface area (Å²) in [7, 11) is -3.47. The Labute approximate surface area is 147 Å². The summed E-state index contributed by atoms with van der Waals surface area (Å²) in [6, 6.07) is 9.71. The lowest BCUT2D eigenvalue weighted by atomic mass is 10.2. The first-order valence-electron chi connectivity index (χ1n) is 8.10. The lowest BCUT2D eigenvalue weighted by molar-refractivity contribution is 0.346. The molecule has 1 fully saturated rings. The Bertz CT molecular complexity index is 827. The van der Waals surface area contributed by atoms with E-state index < -0.39 is 10.0 Å². The summed E-state index contributed by atoms with van der Waals surface area (Å²) in [5.41, 5.74) is 3.57. The number of phenolic OH excluding ortho intramolecular Hbond substituents is 1. The van der Waals surface area contributed by atoms with Crippen LogP contribution in [0.15, 0.2) is 52.6 Å². The third-order valence-corrected chi connectivity index (χ3v) is 5.86. The van der Waals surface area contributed by atoms with E-state index in [1.54, 1.807) is 36.5 Å². The van der Waals surface area contributed by atoms with E-state index in [0.717, 1.165) is 24.8 Å². The number of hydrogen-bond acceptors (Lipinski definition) is 6. The molecule has 8 heteroatoms. The fraction of sp³-hybridized carbons (Fsp3) is 0.294. The van der Waals surface area contributed by atoms with Gasteiger partial charge in [-0.1, -0.05) is 6.42 Å². The minimum Gasteiger partial charge on any atom is -0.508 e. The number of nitrogens with zero attached hydrogens (tertiary/aromatic N) is 3. The molecule has 0 bridgehead atoms. The monoisotopic (exact) mass is 360 g/mol. The van der Waals surface area contributed by atoms with Gasteiger partial charge in [0.05, 0.1) is 6.21 Å². The zero-order valence-electron chi connectivity index (χ0n) is 13.7. The van der Waals surface area contributed by atoms with E-state index in [1.165, 1.54) is 16.6 Å². The van der Waals surface area contributed by atoms with Gasteiger partial charge in [0, 0.05) is 19.3 Å². The van der Waals surface area contributed by atoms with E-state index in [0.29, 0.717) is 18.9 Å². The molecule has 0 radical (unpaired) electrons. The highest BCUT2D eigenvalue weighted by molar-refractivity contribution is 7.89. The van der Waals surface area contributed by atoms with Crippen molar-refractivity contribution in [2.75, 3.05) is 18.5 Å². The summed E-state index contributed by atoms with van der Waals surface area (Å²) in [5.74, 6) is 0.643. The second-order valence-electron chi connectivity index (χ2n) is 5.81. The van der Waals surface area contributed by atoms with E-state index in [2.05, 4.69) is 15.5 Å². The molecular formula is C17H20N4O3S. The first-order chi connectivity index (χ1) is 12.1. The van der Waals surface area contributed by atoms with Gasteiger partial charge in [-0.05, 0) is 54.8 Å². The number of phenols is 1. The Balaban J connectivity index is 1.64. The Morgan fingerprint density at radius 3 is 2.44 bits per heavy atom. The SMILES string of the molecule is O=S(=O)(c1ccc(N/N=C/c2ccc(O)cc2)nc1)N1CCCCC1. The lowest BCUT2D eigenvalue weighted by Gasteiger charge is -2.25. The number of aromatic nitrogens is 1. The van der Waals surface area contributed by atoms with Gasteiger partial charge in [-0.25, -0.2) is 13.4 Å². The number of aromatic hydroxyl groups is 1. The fourth-order valence-electron chi connectivity index (χ4n) is 2.59. The summed E-state index contributed by atoms with van der Waals surface area (Å²) in [6.07, 6.45) is 5.81. The average Bonchev–Trinajstić information content (AvgIpc) is 2.64. The van der Waals surface area contributed by atoms with Gasteiger partial charge in [0.1, 0.15) is 16.5 Å². The number of nitrogens with one attached hydrogen (secondary N) is 1. The molecule has 0 atom stereocenters. The van der Waals surface area contributed by atoms with Crippen LogP contribution in [0.25, 0.3) is 0 Å². The van der Waals surface area contributed by atoms with Crippen LogP contribution in [0, 0.1) is 0 Å². The van der Waals surface area contributed by atoms with Gasteiger partial charge in [0.15, 0.2) is 0 Å². The Morgan fingerprint density at radius 2 is 1.80 bits per heavy atom. The van der Waals surface area contributed by atoms with Crippen molar-refractivity contribution in [1.29, 1.82) is 0 Å². The molecule has 1 saturated heterocycles. The number of piperidine rings is 1. The normalized spacial score (nSPS) is 16.2. The number of sulfonamides is 1. The maximum Gasteiger partial charge on any atom is 0.244 e. The van der Waals surface area contributed by atoms with Crippen molar-refractivity contribution in [1.82, 2.24) is 9.29 Å². The van der Waals surface area contributed by atoms with E-state index in [9.17, 15) is 13.5 Å². The van der Waals surface area contributed by atoms with E-state index in [1.807, 2.05) is 0 Å². The molecule has 1 aliphatic heterocycles. The fourth-order valence-corrected chi connectivity index (χ4v) is 4.05. The molecule has 2 heterocycles. The number of rotatable bonds is 5. The first-order valence-corrected chi connectivity index (χ1v) is 9.54. The van der Waals surface area contributed by atoms with Crippen molar-refractivity contribution in [2.24, 2.45) is 5.10 Å². The third kappa shape index (κ3) is 4.34. The average molecular weight is 360 g/mol. The summed E-state index contributed by atoms with van der Waals surface area (Å²) in [5, 5.41) is 13.3. The van der Waals surface area contributed by atoms with Crippen molar-refractivity contribution >= 4 is 22.1 Å². The molecule has 0 aliphatic carbocycles. The van der Waals surface area contributed by atoms with Crippen molar-refractivity contribution in [2.45, 2.75) is 24.2 Å². The molecule has 0 saturated carbocycles. The summed E-state index contributed by atoms with van der Waals surface area (Å²) in [6.45, 7) is 1.14. The highest BCUT2D eigenvalue weighted by atomic mass is 32.2. The van der Waals surface area contributed by atoms with Crippen LogP contribution < -0.4 is 5.43 Å². The van der Waals surface area contributed by atoms with E-state index >= 15 is 0 Å². The minimum atomic E-state index is -3.47. The second kappa shape index (κ2) is 7.62. The number of pyridine rings is 1. The van der Waals surface area contributed by atoms with E-state index in [4.69, 9.17) is 0 Å². The molecule has 132 valence electrons. The van der Waals surface area contributed by atoms with E-state index in [-0.39, 0.29) is 10.6 Å². The second-order valence-corrected chi connectivity index (χ2v) is 7.74. The number of hydrazone groups is 1. The van der Waals surface area contributed by atoms with Crippen LogP contribution in [0.1, 0.15) is 24.8 Å². The van der Waals surface area contributed by atoms with Gasteiger partial charge in [0.25, 0.3) is 0 Å². The number of hydrogen-bond donors (Lipinski definition) is 2. The lowest BCUT2D eigenvalue weighted by Crippen LogP contribution is -2.35. The molecule has 1 aromatic heterocycles. The van der Waals surface area contributed by atoms with Crippen LogP contribution in [-0.4, -0.2) is 42.1 Å². The maximum atomic E-state index is 12.5. The summed E-state index contributed by atoms with van der Waals surface area (Å²) in [4.78, 5) is 4.31. The van der Waals surface area contributed by atoms with Crippen LogP contribution in [0.3, 0.4) is 0 Å². The molecule has 0 spiro atoms. The predicted octanol–water partition coefficient (Wildman–Crippen LogP) is 2.41. The molecule has 2 aromatic rings. The van der Waals surface area contributed by atoms with Crippen molar-refractivity contribution in [3.63, 3.8) is 0 Å². The molecule has 0 unspecified atom stereocenters. The van der Waals surface area contributed by atoms with Crippen LogP contribution in [0.2, 0.25) is 0 Å². The minimum absolute atomic E-state index is 0.192. The van der Waals surface area contributed by atoms with Crippen molar-refractivity contribution in [3.8, 4) is 5.75 Å². The molecule has 1 aromatic carbocycles. The summed E-state index contributed by atoms with van der Waals surface area (Å²) < 4.78 is 26.6. The van der Waals surface area contributed by atoms with Crippen LogP contribution >= 0.6 is 0 Å². The van der Waals surface area contributed by atoms with Crippen LogP contribution in [0.4, 0.5) is 5.82 Å². The molecule has 1 aliphatic rings. The number of anilines is 1. The molecule has 25 heavy (non-hydrogen) atoms. The first kappa shape index (κ1) is 17.4. The summed E-state index contributed by atoms with van der Waals surface area (Å²) >= 11 is 0. The Kier molecular flexibility index (Phi) is 5.30. The largest absolute Gasteiger partial charge is 0.508 e. The zero-order chi connectivity index (χ0) is 17.7. The molecule has 3 rings (SSSR count). The molecule has 7 nitrogen and oxygen atoms in total.